The van der Waals surface area contributed by atoms with Crippen LogP contribution < -0.4 is 0 Å². The number of rotatable bonds is 9. The van der Waals surface area contributed by atoms with Crippen molar-refractivity contribution in [1.82, 2.24) is 0 Å². The van der Waals surface area contributed by atoms with Crippen molar-refractivity contribution >= 4 is 37.0 Å². The standard InChI is InChI=1S/C14H21ClO4S2/c1-3-4-5-6-7-8-9-19-13(16)12-10-20-14(11(12)2)21(15,17)18/h10H,3-9H2,1-2H3. The fraction of sp³-hybridized carbons (Fsp3) is 0.643. The SMILES string of the molecule is CCCCCCCCOC(=O)c1csc(S(=O)(=O)Cl)c1C. The summed E-state index contributed by atoms with van der Waals surface area (Å²) in [6.45, 7) is 4.09. The van der Waals surface area contributed by atoms with Crippen LogP contribution in [0.25, 0.3) is 0 Å². The molecule has 0 fully saturated rings. The molecule has 0 aliphatic heterocycles. The van der Waals surface area contributed by atoms with Crippen LogP contribution in [0, 0.1) is 6.92 Å². The van der Waals surface area contributed by atoms with Crippen LogP contribution in [0.3, 0.4) is 0 Å². The third-order valence-electron chi connectivity index (χ3n) is 3.17. The van der Waals surface area contributed by atoms with E-state index in [1.54, 1.807) is 6.92 Å². The van der Waals surface area contributed by atoms with Gasteiger partial charge in [0.2, 0.25) is 0 Å². The normalized spacial score (nSPS) is 11.6. The van der Waals surface area contributed by atoms with Gasteiger partial charge in [0, 0.05) is 16.1 Å². The molecule has 1 aromatic rings. The van der Waals surface area contributed by atoms with Crippen molar-refractivity contribution in [2.24, 2.45) is 0 Å². The van der Waals surface area contributed by atoms with Gasteiger partial charge in [0.15, 0.2) is 0 Å². The molecule has 1 heterocycles. The zero-order valence-corrected chi connectivity index (χ0v) is 14.7. The summed E-state index contributed by atoms with van der Waals surface area (Å²) >= 11 is 0.943. The van der Waals surface area contributed by atoms with E-state index in [-0.39, 0.29) is 9.77 Å². The van der Waals surface area contributed by atoms with E-state index in [2.05, 4.69) is 6.92 Å². The van der Waals surface area contributed by atoms with Gasteiger partial charge in [0.25, 0.3) is 9.05 Å². The Balaban J connectivity index is 2.42. The molecule has 0 spiro atoms. The third kappa shape index (κ3) is 5.96. The molecule has 0 amide bonds. The van der Waals surface area contributed by atoms with E-state index in [0.717, 1.165) is 30.6 Å². The lowest BCUT2D eigenvalue weighted by Crippen LogP contribution is -2.07. The van der Waals surface area contributed by atoms with Gasteiger partial charge in [0.1, 0.15) is 4.21 Å². The summed E-state index contributed by atoms with van der Waals surface area (Å²) in [5, 5.41) is 1.48. The Bertz CT molecular complexity index is 564. The molecule has 7 heteroatoms. The summed E-state index contributed by atoms with van der Waals surface area (Å²) in [4.78, 5) is 11.9. The number of esters is 1. The van der Waals surface area contributed by atoms with Gasteiger partial charge in [-0.1, -0.05) is 39.0 Å². The molecule has 4 nitrogen and oxygen atoms in total. The van der Waals surface area contributed by atoms with Crippen molar-refractivity contribution in [3.63, 3.8) is 0 Å². The number of hydrogen-bond acceptors (Lipinski definition) is 5. The maximum atomic E-state index is 11.9. The van der Waals surface area contributed by atoms with Crippen molar-refractivity contribution in [2.45, 2.75) is 56.6 Å². The van der Waals surface area contributed by atoms with Crippen LogP contribution in [0.4, 0.5) is 0 Å². The highest BCUT2D eigenvalue weighted by Crippen LogP contribution is 2.29. The lowest BCUT2D eigenvalue weighted by molar-refractivity contribution is 0.0497. The third-order valence-corrected chi connectivity index (χ3v) is 6.47. The molecule has 1 aromatic heterocycles. The average molecular weight is 353 g/mol. The Morgan fingerprint density at radius 2 is 1.86 bits per heavy atom. The van der Waals surface area contributed by atoms with Gasteiger partial charge in [-0.3, -0.25) is 0 Å². The summed E-state index contributed by atoms with van der Waals surface area (Å²) < 4.78 is 27.8. The molecule has 0 N–H and O–H groups in total. The maximum absolute atomic E-state index is 11.9. The molecule has 0 unspecified atom stereocenters. The van der Waals surface area contributed by atoms with Gasteiger partial charge in [-0.05, 0) is 18.9 Å². The number of unbranched alkanes of at least 4 members (excludes halogenated alkanes) is 5. The number of carbonyl (C=O) groups excluding carboxylic acids is 1. The molecule has 21 heavy (non-hydrogen) atoms. The number of hydrogen-bond donors (Lipinski definition) is 0. The molecule has 120 valence electrons. The van der Waals surface area contributed by atoms with Gasteiger partial charge in [-0.15, -0.1) is 11.3 Å². The first kappa shape index (κ1) is 18.5. The van der Waals surface area contributed by atoms with Crippen molar-refractivity contribution in [1.29, 1.82) is 0 Å². The highest BCUT2D eigenvalue weighted by atomic mass is 35.7. The lowest BCUT2D eigenvalue weighted by Gasteiger charge is -2.04. The Hall–Kier alpha value is -0.590. The largest absolute Gasteiger partial charge is 0.462 e. The van der Waals surface area contributed by atoms with Gasteiger partial charge in [-0.2, -0.15) is 0 Å². The molecule has 0 aliphatic rings. The zero-order valence-electron chi connectivity index (χ0n) is 12.4. The summed E-state index contributed by atoms with van der Waals surface area (Å²) in [5.74, 6) is -0.483. The summed E-state index contributed by atoms with van der Waals surface area (Å²) in [7, 11) is 1.50. The number of carbonyl (C=O) groups is 1. The Kier molecular flexibility index (Phi) is 7.70. The molecule has 0 atom stereocenters. The highest BCUT2D eigenvalue weighted by Gasteiger charge is 2.22. The monoisotopic (exact) mass is 352 g/mol. The molecular weight excluding hydrogens is 332 g/mol. The Labute approximate surface area is 134 Å². The van der Waals surface area contributed by atoms with E-state index in [1.165, 1.54) is 24.6 Å². The van der Waals surface area contributed by atoms with E-state index < -0.39 is 15.0 Å². The fourth-order valence-electron chi connectivity index (χ4n) is 1.97. The van der Waals surface area contributed by atoms with Crippen molar-refractivity contribution in [2.75, 3.05) is 6.61 Å². The number of ether oxygens (including phenoxy) is 1. The second-order valence-electron chi connectivity index (χ2n) is 4.90. The predicted molar refractivity (Wildman–Crippen MR) is 85.8 cm³/mol. The Morgan fingerprint density at radius 1 is 1.24 bits per heavy atom. The topological polar surface area (TPSA) is 60.4 Å². The van der Waals surface area contributed by atoms with Gasteiger partial charge >= 0.3 is 5.97 Å². The minimum atomic E-state index is -3.80. The fourth-order valence-corrected chi connectivity index (χ4v) is 4.50. The molecule has 0 radical (unpaired) electrons. The molecule has 0 bridgehead atoms. The maximum Gasteiger partial charge on any atom is 0.339 e. The van der Waals surface area contributed by atoms with Crippen molar-refractivity contribution in [3.05, 3.63) is 16.5 Å². The van der Waals surface area contributed by atoms with Crippen LogP contribution in [-0.2, 0) is 13.8 Å². The first-order chi connectivity index (χ1) is 9.88. The van der Waals surface area contributed by atoms with Gasteiger partial charge in [0.05, 0.1) is 12.2 Å². The molecule has 0 saturated carbocycles. The highest BCUT2D eigenvalue weighted by molar-refractivity contribution is 8.15. The first-order valence-corrected chi connectivity index (χ1v) is 10.3. The van der Waals surface area contributed by atoms with E-state index in [4.69, 9.17) is 15.4 Å². The van der Waals surface area contributed by atoms with Crippen molar-refractivity contribution < 1.29 is 17.9 Å². The van der Waals surface area contributed by atoms with E-state index in [0.29, 0.717) is 12.2 Å². The second-order valence-corrected chi connectivity index (χ2v) is 8.54. The van der Waals surface area contributed by atoms with E-state index in [9.17, 15) is 13.2 Å². The van der Waals surface area contributed by atoms with Crippen molar-refractivity contribution in [3.8, 4) is 0 Å². The predicted octanol–water partition coefficient (Wildman–Crippen LogP) is 4.50. The molecule has 0 aromatic carbocycles. The van der Waals surface area contributed by atoms with Gasteiger partial charge in [-0.25, -0.2) is 13.2 Å². The second kappa shape index (κ2) is 8.76. The minimum absolute atomic E-state index is 0.00989. The van der Waals surface area contributed by atoms with E-state index >= 15 is 0 Å². The first-order valence-electron chi connectivity index (χ1n) is 7.07. The molecule has 1 rings (SSSR count). The van der Waals surface area contributed by atoms with Crippen LogP contribution in [-0.4, -0.2) is 21.0 Å². The molecule has 0 aliphatic carbocycles. The summed E-state index contributed by atoms with van der Waals surface area (Å²) in [6.07, 6.45) is 6.68. The summed E-state index contributed by atoms with van der Waals surface area (Å²) in [5.41, 5.74) is 0.646. The minimum Gasteiger partial charge on any atom is -0.462 e. The summed E-state index contributed by atoms with van der Waals surface area (Å²) in [6, 6.07) is 0. The quantitative estimate of drug-likeness (QED) is 0.373. The van der Waals surface area contributed by atoms with Crippen LogP contribution >= 0.6 is 22.0 Å². The molecule has 0 saturated heterocycles. The average Bonchev–Trinajstić information content (AvgIpc) is 2.79. The smallest absolute Gasteiger partial charge is 0.339 e. The van der Waals surface area contributed by atoms with Gasteiger partial charge < -0.3 is 4.74 Å². The lowest BCUT2D eigenvalue weighted by atomic mass is 10.1. The van der Waals surface area contributed by atoms with Crippen LogP contribution in [0.15, 0.2) is 9.59 Å². The van der Waals surface area contributed by atoms with Crippen LogP contribution in [0.2, 0.25) is 0 Å². The number of thiophene rings is 1. The Morgan fingerprint density at radius 3 is 2.43 bits per heavy atom. The zero-order chi connectivity index (χ0) is 15.9. The molecular formula is C14H21ClO4S2. The number of halogens is 1. The van der Waals surface area contributed by atoms with Crippen LogP contribution in [0.5, 0.6) is 0 Å². The van der Waals surface area contributed by atoms with Crippen LogP contribution in [0.1, 0.15) is 61.4 Å². The van der Waals surface area contributed by atoms with E-state index in [1.807, 2.05) is 0 Å².